The van der Waals surface area contributed by atoms with Gasteiger partial charge in [0.05, 0.1) is 5.56 Å². The Morgan fingerprint density at radius 1 is 1.27 bits per heavy atom. The van der Waals surface area contributed by atoms with Gasteiger partial charge in [-0.15, -0.1) is 0 Å². The molecule has 4 heteroatoms. The molecule has 0 N–H and O–H groups in total. The number of benzene rings is 1. The van der Waals surface area contributed by atoms with Gasteiger partial charge >= 0.3 is 5.92 Å². The van der Waals surface area contributed by atoms with Gasteiger partial charge in [-0.3, -0.25) is 0 Å². The van der Waals surface area contributed by atoms with E-state index < -0.39 is 17.3 Å². The topological polar surface area (TPSA) is 23.8 Å². The zero-order chi connectivity index (χ0) is 12.1. The Labute approximate surface area is 87.2 Å². The number of aryl methyl sites for hydroxylation is 1. The number of hydrogen-bond acceptors (Lipinski definition) is 1. The Kier molecular flexibility index (Phi) is 4.86. The van der Waals surface area contributed by atoms with Gasteiger partial charge in [0, 0.05) is 0 Å². The van der Waals surface area contributed by atoms with E-state index in [1.807, 2.05) is 13.8 Å². The second kappa shape index (κ2) is 5.40. The van der Waals surface area contributed by atoms with Gasteiger partial charge in [-0.25, -0.2) is 4.39 Å². The lowest BCUT2D eigenvalue weighted by atomic mass is 10.1. The summed E-state index contributed by atoms with van der Waals surface area (Å²) in [7, 11) is 0. The van der Waals surface area contributed by atoms with Gasteiger partial charge in [-0.1, -0.05) is 26.0 Å². The molecular weight excluding hydrogens is 203 g/mol. The van der Waals surface area contributed by atoms with Crippen molar-refractivity contribution in [1.82, 2.24) is 0 Å². The van der Waals surface area contributed by atoms with Crippen molar-refractivity contribution in [3.05, 3.63) is 35.1 Å². The summed E-state index contributed by atoms with van der Waals surface area (Å²) in [5, 5.41) is 8.10. The molecule has 0 radical (unpaired) electrons. The molecule has 0 amide bonds. The van der Waals surface area contributed by atoms with Gasteiger partial charge in [0.1, 0.15) is 11.9 Å². The molecule has 1 nitrogen and oxygen atoms in total. The van der Waals surface area contributed by atoms with Crippen LogP contribution >= 0.6 is 0 Å². The summed E-state index contributed by atoms with van der Waals surface area (Å²) in [6.45, 7) is 5.37. The first-order valence-electron chi connectivity index (χ1n) is 4.53. The van der Waals surface area contributed by atoms with Crippen molar-refractivity contribution in [2.24, 2.45) is 0 Å². The van der Waals surface area contributed by atoms with Crippen LogP contribution in [-0.2, 0) is 5.92 Å². The molecule has 0 aromatic heterocycles. The fraction of sp³-hybridized carbons (Fsp3) is 0.364. The van der Waals surface area contributed by atoms with Crippen LogP contribution in [0.5, 0.6) is 0 Å². The van der Waals surface area contributed by atoms with Crippen molar-refractivity contribution in [2.45, 2.75) is 26.7 Å². The molecule has 1 aromatic carbocycles. The van der Waals surface area contributed by atoms with Crippen LogP contribution < -0.4 is 0 Å². The van der Waals surface area contributed by atoms with E-state index in [0.29, 0.717) is 0 Å². The highest BCUT2D eigenvalue weighted by molar-refractivity contribution is 5.31. The fourth-order valence-electron chi connectivity index (χ4n) is 0.950. The minimum absolute atomic E-state index is 0.104. The van der Waals surface area contributed by atoms with Crippen molar-refractivity contribution in [3.8, 4) is 6.07 Å². The predicted octanol–water partition coefficient (Wildman–Crippen LogP) is 3.78. The lowest BCUT2D eigenvalue weighted by molar-refractivity contribution is 0.0570. The Morgan fingerprint density at radius 3 is 2.27 bits per heavy atom. The summed E-state index contributed by atoms with van der Waals surface area (Å²) >= 11 is 0. The van der Waals surface area contributed by atoms with Crippen LogP contribution in [0.4, 0.5) is 13.2 Å². The van der Waals surface area contributed by atoms with E-state index in [9.17, 15) is 13.2 Å². The first kappa shape index (κ1) is 13.5. The highest BCUT2D eigenvalue weighted by atomic mass is 19.3. The zero-order valence-electron chi connectivity index (χ0n) is 8.81. The smallest absolute Gasteiger partial charge is 0.206 e. The SMILES string of the molecule is CC.Cc1cccc(C(F)(F)C#N)c1F. The minimum Gasteiger partial charge on any atom is -0.206 e. The van der Waals surface area contributed by atoms with Crippen LogP contribution in [0.1, 0.15) is 25.0 Å². The fourth-order valence-corrected chi connectivity index (χ4v) is 0.950. The lowest BCUT2D eigenvalue weighted by Crippen LogP contribution is -2.12. The summed E-state index contributed by atoms with van der Waals surface area (Å²) in [6, 6.07) is 4.32. The van der Waals surface area contributed by atoms with E-state index in [0.717, 1.165) is 12.1 Å². The van der Waals surface area contributed by atoms with Crippen LogP contribution in [0.25, 0.3) is 0 Å². The van der Waals surface area contributed by atoms with Crippen molar-refractivity contribution in [1.29, 1.82) is 5.26 Å². The average molecular weight is 215 g/mol. The molecule has 0 fully saturated rings. The largest absolute Gasteiger partial charge is 0.360 e. The number of nitrogens with zero attached hydrogens (tertiary/aromatic N) is 1. The van der Waals surface area contributed by atoms with E-state index in [4.69, 9.17) is 5.26 Å². The zero-order valence-corrected chi connectivity index (χ0v) is 8.81. The summed E-state index contributed by atoms with van der Waals surface area (Å²) in [6.07, 6.45) is 0. The normalized spacial score (nSPS) is 9.93. The molecule has 0 bridgehead atoms. The molecule has 0 aliphatic rings. The third-order valence-electron chi connectivity index (χ3n) is 1.67. The van der Waals surface area contributed by atoms with Crippen molar-refractivity contribution in [2.75, 3.05) is 0 Å². The summed E-state index contributed by atoms with van der Waals surface area (Å²) in [5.41, 5.74) is -0.762. The van der Waals surface area contributed by atoms with Gasteiger partial charge in [0.2, 0.25) is 0 Å². The Bertz CT molecular complexity index is 367. The van der Waals surface area contributed by atoms with Gasteiger partial charge in [-0.05, 0) is 18.6 Å². The molecule has 0 heterocycles. The molecule has 0 unspecified atom stereocenters. The van der Waals surface area contributed by atoms with Gasteiger partial charge < -0.3 is 0 Å². The van der Waals surface area contributed by atoms with Crippen molar-refractivity contribution < 1.29 is 13.2 Å². The molecule has 1 aromatic rings. The van der Waals surface area contributed by atoms with Crippen LogP contribution in [0.2, 0.25) is 0 Å². The number of hydrogen-bond donors (Lipinski definition) is 0. The van der Waals surface area contributed by atoms with E-state index in [-0.39, 0.29) is 5.56 Å². The molecular formula is C11H12F3N. The van der Waals surface area contributed by atoms with E-state index >= 15 is 0 Å². The molecule has 1 rings (SSSR count). The number of halogens is 3. The maximum absolute atomic E-state index is 13.1. The van der Waals surface area contributed by atoms with E-state index in [1.54, 1.807) is 0 Å². The molecule has 0 aliphatic carbocycles. The molecule has 0 saturated carbocycles. The highest BCUT2D eigenvalue weighted by Gasteiger charge is 2.34. The summed E-state index contributed by atoms with van der Waals surface area (Å²) in [5.74, 6) is -4.77. The quantitative estimate of drug-likeness (QED) is 0.699. The maximum Gasteiger partial charge on any atom is 0.360 e. The second-order valence-electron chi connectivity index (χ2n) is 2.62. The monoisotopic (exact) mass is 215 g/mol. The Hall–Kier alpha value is -1.50. The first-order chi connectivity index (χ1) is 6.99. The van der Waals surface area contributed by atoms with Crippen LogP contribution in [0, 0.1) is 24.1 Å². The molecule has 0 saturated heterocycles. The second-order valence-corrected chi connectivity index (χ2v) is 2.62. The molecule has 0 aliphatic heterocycles. The van der Waals surface area contributed by atoms with Crippen LogP contribution in [-0.4, -0.2) is 0 Å². The third kappa shape index (κ3) is 2.98. The van der Waals surface area contributed by atoms with Crippen molar-refractivity contribution in [3.63, 3.8) is 0 Å². The molecule has 15 heavy (non-hydrogen) atoms. The van der Waals surface area contributed by atoms with Crippen molar-refractivity contribution >= 4 is 0 Å². The minimum atomic E-state index is -3.75. The number of alkyl halides is 2. The number of rotatable bonds is 1. The third-order valence-corrected chi connectivity index (χ3v) is 1.67. The molecule has 0 spiro atoms. The van der Waals surface area contributed by atoms with Gasteiger partial charge in [0.25, 0.3) is 0 Å². The Balaban J connectivity index is 0.000000921. The van der Waals surface area contributed by atoms with E-state index in [2.05, 4.69) is 0 Å². The Morgan fingerprint density at radius 2 is 1.80 bits per heavy atom. The van der Waals surface area contributed by atoms with Crippen LogP contribution in [0.15, 0.2) is 18.2 Å². The number of nitriles is 1. The molecule has 0 atom stereocenters. The standard InChI is InChI=1S/C9H6F3N.C2H6/c1-6-3-2-4-7(8(6)10)9(11,12)5-13;1-2/h2-4H,1H3;1-2H3. The first-order valence-corrected chi connectivity index (χ1v) is 4.53. The van der Waals surface area contributed by atoms with E-state index in [1.165, 1.54) is 19.1 Å². The van der Waals surface area contributed by atoms with Gasteiger partial charge in [0.15, 0.2) is 0 Å². The summed E-state index contributed by atoms with van der Waals surface area (Å²) in [4.78, 5) is 0. The highest BCUT2D eigenvalue weighted by Crippen LogP contribution is 2.29. The lowest BCUT2D eigenvalue weighted by Gasteiger charge is -2.09. The average Bonchev–Trinajstić information content (AvgIpc) is 2.25. The van der Waals surface area contributed by atoms with Gasteiger partial charge in [-0.2, -0.15) is 14.0 Å². The maximum atomic E-state index is 13.1. The predicted molar refractivity (Wildman–Crippen MR) is 52.0 cm³/mol. The summed E-state index contributed by atoms with van der Waals surface area (Å²) < 4.78 is 38.5. The molecule has 82 valence electrons. The van der Waals surface area contributed by atoms with Crippen LogP contribution in [0.3, 0.4) is 0 Å².